The van der Waals surface area contributed by atoms with Crippen molar-refractivity contribution < 1.29 is 14.3 Å². The Hall–Kier alpha value is -3.28. The molecule has 0 fully saturated rings. The fourth-order valence-electron chi connectivity index (χ4n) is 3.12. The molecule has 1 aliphatic heterocycles. The van der Waals surface area contributed by atoms with Crippen molar-refractivity contribution in [2.75, 3.05) is 13.2 Å². The van der Waals surface area contributed by atoms with E-state index in [2.05, 4.69) is 10.4 Å². The van der Waals surface area contributed by atoms with Crippen LogP contribution in [0.1, 0.15) is 21.7 Å². The van der Waals surface area contributed by atoms with E-state index < -0.39 is 0 Å². The van der Waals surface area contributed by atoms with E-state index in [1.165, 1.54) is 0 Å². The zero-order valence-electron chi connectivity index (χ0n) is 15.3. The molecule has 1 N–H and O–H groups in total. The van der Waals surface area contributed by atoms with E-state index in [9.17, 15) is 4.79 Å². The summed E-state index contributed by atoms with van der Waals surface area (Å²) >= 11 is 0. The lowest BCUT2D eigenvalue weighted by Crippen LogP contribution is -2.40. The van der Waals surface area contributed by atoms with Crippen LogP contribution in [-0.4, -0.2) is 34.9 Å². The maximum atomic E-state index is 12.4. The highest BCUT2D eigenvalue weighted by Gasteiger charge is 2.21. The van der Waals surface area contributed by atoms with Crippen molar-refractivity contribution in [3.05, 3.63) is 71.5 Å². The molecule has 0 aliphatic carbocycles. The third-order valence-electron chi connectivity index (χ3n) is 4.44. The number of carbonyl (C=O) groups is 1. The van der Waals surface area contributed by atoms with Crippen LogP contribution in [0.2, 0.25) is 0 Å². The molecule has 1 atom stereocenters. The van der Waals surface area contributed by atoms with Crippen LogP contribution >= 0.6 is 0 Å². The SMILES string of the molecule is Cc1cc(C)n(-c2ccc(C(=O)NCC3COc4ccccc4O3)cc2)n1. The Morgan fingerprint density at radius 3 is 2.59 bits per heavy atom. The number of amides is 1. The average molecular weight is 363 g/mol. The van der Waals surface area contributed by atoms with Crippen LogP contribution in [0.3, 0.4) is 0 Å². The molecule has 1 amide bonds. The Bertz CT molecular complexity index is 963. The molecule has 0 saturated heterocycles. The maximum Gasteiger partial charge on any atom is 0.251 e. The molecule has 138 valence electrons. The van der Waals surface area contributed by atoms with Gasteiger partial charge in [0.15, 0.2) is 11.5 Å². The fraction of sp³-hybridized carbons (Fsp3) is 0.238. The summed E-state index contributed by atoms with van der Waals surface area (Å²) in [6.45, 7) is 4.76. The minimum atomic E-state index is -0.210. The molecule has 1 aliphatic rings. The lowest BCUT2D eigenvalue weighted by atomic mass is 10.2. The Morgan fingerprint density at radius 2 is 1.89 bits per heavy atom. The van der Waals surface area contributed by atoms with Gasteiger partial charge in [0.25, 0.3) is 5.91 Å². The standard InChI is InChI=1S/C21H21N3O3/c1-14-11-15(2)24(23-14)17-9-7-16(8-10-17)21(25)22-12-18-13-26-19-5-3-4-6-20(19)27-18/h3-11,18H,12-13H2,1-2H3,(H,22,25). The van der Waals surface area contributed by atoms with Gasteiger partial charge in [0.1, 0.15) is 12.7 Å². The van der Waals surface area contributed by atoms with E-state index in [1.807, 2.05) is 61.0 Å². The van der Waals surface area contributed by atoms with Gasteiger partial charge in [-0.1, -0.05) is 12.1 Å². The largest absolute Gasteiger partial charge is 0.486 e. The first-order chi connectivity index (χ1) is 13.1. The second kappa shape index (κ2) is 7.15. The van der Waals surface area contributed by atoms with Crippen LogP contribution in [0, 0.1) is 13.8 Å². The molecular formula is C21H21N3O3. The van der Waals surface area contributed by atoms with Crippen molar-refractivity contribution in [1.29, 1.82) is 0 Å². The quantitative estimate of drug-likeness (QED) is 0.774. The van der Waals surface area contributed by atoms with Crippen molar-refractivity contribution in [2.24, 2.45) is 0 Å². The second-order valence-electron chi connectivity index (χ2n) is 6.59. The van der Waals surface area contributed by atoms with E-state index in [1.54, 1.807) is 12.1 Å². The van der Waals surface area contributed by atoms with E-state index in [0.29, 0.717) is 24.5 Å². The van der Waals surface area contributed by atoms with Crippen LogP contribution in [0.4, 0.5) is 0 Å². The van der Waals surface area contributed by atoms with Gasteiger partial charge < -0.3 is 14.8 Å². The van der Waals surface area contributed by atoms with Gasteiger partial charge in [-0.05, 0) is 56.3 Å². The molecular weight excluding hydrogens is 342 g/mol. The summed E-state index contributed by atoms with van der Waals surface area (Å²) in [7, 11) is 0. The predicted octanol–water partition coefficient (Wildman–Crippen LogP) is 3.06. The molecule has 27 heavy (non-hydrogen) atoms. The van der Waals surface area contributed by atoms with Gasteiger partial charge in [0.2, 0.25) is 0 Å². The number of nitrogens with zero attached hydrogens (tertiary/aromatic N) is 2. The van der Waals surface area contributed by atoms with Gasteiger partial charge in [-0.3, -0.25) is 4.79 Å². The number of nitrogens with one attached hydrogen (secondary N) is 1. The molecule has 1 aromatic heterocycles. The third-order valence-corrected chi connectivity index (χ3v) is 4.44. The molecule has 0 bridgehead atoms. The Morgan fingerprint density at radius 1 is 1.15 bits per heavy atom. The number of benzene rings is 2. The number of para-hydroxylation sites is 2. The van der Waals surface area contributed by atoms with Crippen LogP contribution in [0.25, 0.3) is 5.69 Å². The van der Waals surface area contributed by atoms with Crippen molar-refractivity contribution in [3.63, 3.8) is 0 Å². The lowest BCUT2D eigenvalue weighted by molar-refractivity contribution is 0.0789. The van der Waals surface area contributed by atoms with Crippen molar-refractivity contribution in [3.8, 4) is 17.2 Å². The number of carbonyl (C=O) groups excluding carboxylic acids is 1. The second-order valence-corrected chi connectivity index (χ2v) is 6.59. The minimum absolute atomic E-state index is 0.141. The first-order valence-corrected chi connectivity index (χ1v) is 8.90. The molecule has 2 aromatic carbocycles. The van der Waals surface area contributed by atoms with Crippen LogP contribution in [-0.2, 0) is 0 Å². The summed E-state index contributed by atoms with van der Waals surface area (Å²) in [5, 5.41) is 7.36. The predicted molar refractivity (Wildman–Crippen MR) is 102 cm³/mol. The summed E-state index contributed by atoms with van der Waals surface area (Å²) in [6, 6.07) is 16.9. The lowest BCUT2D eigenvalue weighted by Gasteiger charge is -2.26. The number of fused-ring (bicyclic) bond motifs is 1. The topological polar surface area (TPSA) is 65.4 Å². The van der Waals surface area contributed by atoms with Crippen molar-refractivity contribution >= 4 is 5.91 Å². The Balaban J connectivity index is 1.37. The smallest absolute Gasteiger partial charge is 0.251 e. The number of rotatable bonds is 4. The molecule has 1 unspecified atom stereocenters. The van der Waals surface area contributed by atoms with Gasteiger partial charge in [-0.25, -0.2) is 4.68 Å². The third kappa shape index (κ3) is 3.65. The fourth-order valence-corrected chi connectivity index (χ4v) is 3.12. The molecule has 6 nitrogen and oxygen atoms in total. The van der Waals surface area contributed by atoms with Crippen LogP contribution < -0.4 is 14.8 Å². The van der Waals surface area contributed by atoms with Gasteiger partial charge in [0.05, 0.1) is 17.9 Å². The molecule has 0 spiro atoms. The van der Waals surface area contributed by atoms with E-state index >= 15 is 0 Å². The van der Waals surface area contributed by atoms with E-state index in [4.69, 9.17) is 9.47 Å². The highest BCUT2D eigenvalue weighted by molar-refractivity contribution is 5.94. The number of aromatic nitrogens is 2. The first-order valence-electron chi connectivity index (χ1n) is 8.90. The normalized spacial score (nSPS) is 15.4. The average Bonchev–Trinajstić information content (AvgIpc) is 3.04. The molecule has 3 aromatic rings. The molecule has 0 radical (unpaired) electrons. The molecule has 4 rings (SSSR count). The van der Waals surface area contributed by atoms with Gasteiger partial charge in [-0.15, -0.1) is 0 Å². The molecule has 2 heterocycles. The van der Waals surface area contributed by atoms with Crippen LogP contribution in [0.15, 0.2) is 54.6 Å². The minimum Gasteiger partial charge on any atom is -0.486 e. The van der Waals surface area contributed by atoms with Gasteiger partial charge in [0, 0.05) is 11.3 Å². The van der Waals surface area contributed by atoms with Crippen molar-refractivity contribution in [1.82, 2.24) is 15.1 Å². The summed E-state index contributed by atoms with van der Waals surface area (Å²) in [6.07, 6.45) is -0.210. The number of ether oxygens (including phenoxy) is 2. The number of hydrogen-bond acceptors (Lipinski definition) is 4. The maximum absolute atomic E-state index is 12.4. The van der Waals surface area contributed by atoms with Crippen LogP contribution in [0.5, 0.6) is 11.5 Å². The molecule has 0 saturated carbocycles. The number of aryl methyl sites for hydroxylation is 2. The van der Waals surface area contributed by atoms with Gasteiger partial charge >= 0.3 is 0 Å². The Labute approximate surface area is 157 Å². The first kappa shape index (κ1) is 17.1. The number of hydrogen-bond donors (Lipinski definition) is 1. The summed E-state index contributed by atoms with van der Waals surface area (Å²) < 4.78 is 13.4. The Kier molecular flexibility index (Phi) is 4.54. The zero-order valence-corrected chi connectivity index (χ0v) is 15.3. The summed E-state index contributed by atoms with van der Waals surface area (Å²) in [5.74, 6) is 1.30. The highest BCUT2D eigenvalue weighted by atomic mass is 16.6. The monoisotopic (exact) mass is 363 g/mol. The zero-order chi connectivity index (χ0) is 18.8. The summed E-state index contributed by atoms with van der Waals surface area (Å²) in [5.41, 5.74) is 3.54. The van der Waals surface area contributed by atoms with Gasteiger partial charge in [-0.2, -0.15) is 5.10 Å². The van der Waals surface area contributed by atoms with E-state index in [-0.39, 0.29) is 12.0 Å². The van der Waals surface area contributed by atoms with Crippen molar-refractivity contribution in [2.45, 2.75) is 20.0 Å². The summed E-state index contributed by atoms with van der Waals surface area (Å²) in [4.78, 5) is 12.4. The van der Waals surface area contributed by atoms with E-state index in [0.717, 1.165) is 22.8 Å². The highest BCUT2D eigenvalue weighted by Crippen LogP contribution is 2.30. The molecule has 6 heteroatoms.